The zero-order chi connectivity index (χ0) is 15.1. The molecule has 0 radical (unpaired) electrons. The van der Waals surface area contributed by atoms with Crippen molar-refractivity contribution in [2.75, 3.05) is 24.7 Å². The number of hydrogen-bond donors (Lipinski definition) is 7. The molecule has 0 aliphatic carbocycles. The van der Waals surface area contributed by atoms with Crippen LogP contribution in [0.1, 0.15) is 0 Å². The molecule has 0 amide bonds. The Balaban J connectivity index is 4.56. The minimum atomic E-state index is -1.90. The van der Waals surface area contributed by atoms with Crippen LogP contribution in [0.2, 0.25) is 0 Å². The average molecular weight is 314 g/mol. The largest absolute Gasteiger partial charge is 0.479 e. The number of aliphatic carboxylic acids is 1. The van der Waals surface area contributed by atoms with Crippen LogP contribution in [0.4, 0.5) is 0 Å². The molecule has 0 aromatic carbocycles. The zero-order valence-electron chi connectivity index (χ0n) is 10.0. The summed E-state index contributed by atoms with van der Waals surface area (Å²) < 4.78 is 4.68. The summed E-state index contributed by atoms with van der Waals surface area (Å²) in [4.78, 5) is 22.6. The van der Waals surface area contributed by atoms with Crippen molar-refractivity contribution in [3.05, 3.63) is 0 Å². The molecule has 3 atom stereocenters. The Morgan fingerprint density at radius 3 is 2.37 bits per heavy atom. The third-order valence-corrected chi connectivity index (χ3v) is 3.02. The molecule has 8 nitrogen and oxygen atoms in total. The van der Waals surface area contributed by atoms with E-state index in [1.54, 1.807) is 0 Å². The Bertz CT molecular complexity index is 319. The van der Waals surface area contributed by atoms with Crippen LogP contribution in [-0.2, 0) is 14.3 Å². The standard InChI is InChI=1S/C9H18N2O6S2/c10-9(4-19,8(15)16)11-6(3-18)7(14)17-2-5(13)1-12/h5-6,11-13,18-19H,1-4,10H2,(H,15,16)/t5?,6?,9-/m0/s1. The topological polar surface area (TPSA) is 142 Å². The summed E-state index contributed by atoms with van der Waals surface area (Å²) in [7, 11) is 0. The lowest BCUT2D eigenvalue weighted by atomic mass is 10.2. The van der Waals surface area contributed by atoms with Gasteiger partial charge in [0.2, 0.25) is 0 Å². The summed E-state index contributed by atoms with van der Waals surface area (Å²) in [5.41, 5.74) is 3.62. The summed E-state index contributed by atoms with van der Waals surface area (Å²) in [5, 5.41) is 28.9. The summed E-state index contributed by atoms with van der Waals surface area (Å²) in [5.74, 6) is -2.52. The molecule has 0 rings (SSSR count). The number of rotatable bonds is 9. The van der Waals surface area contributed by atoms with Crippen LogP contribution >= 0.6 is 25.3 Å². The third-order valence-electron chi connectivity index (χ3n) is 2.16. The van der Waals surface area contributed by atoms with Gasteiger partial charge in [-0.2, -0.15) is 25.3 Å². The number of carboxylic acids is 1. The molecule has 10 heteroatoms. The number of aliphatic hydroxyl groups excluding tert-OH is 2. The van der Waals surface area contributed by atoms with E-state index in [1.807, 2.05) is 0 Å². The highest BCUT2D eigenvalue weighted by atomic mass is 32.1. The molecule has 0 saturated carbocycles. The molecule has 0 bridgehead atoms. The molecule has 19 heavy (non-hydrogen) atoms. The smallest absolute Gasteiger partial charge is 0.339 e. The fourth-order valence-electron chi connectivity index (χ4n) is 0.997. The number of carbonyl (C=O) groups excluding carboxylic acids is 1. The Morgan fingerprint density at radius 1 is 1.42 bits per heavy atom. The highest BCUT2D eigenvalue weighted by Crippen LogP contribution is 2.04. The molecular weight excluding hydrogens is 296 g/mol. The van der Waals surface area contributed by atoms with Crippen LogP contribution in [-0.4, -0.2) is 69.8 Å². The highest BCUT2D eigenvalue weighted by molar-refractivity contribution is 7.80. The predicted octanol–water partition coefficient (Wildman–Crippen LogP) is -2.56. The molecule has 0 fully saturated rings. The first kappa shape index (κ1) is 18.5. The number of nitrogens with one attached hydrogen (secondary N) is 1. The van der Waals surface area contributed by atoms with Crippen LogP contribution in [0.3, 0.4) is 0 Å². The third kappa shape index (κ3) is 5.97. The van der Waals surface area contributed by atoms with Gasteiger partial charge in [0.05, 0.1) is 6.61 Å². The van der Waals surface area contributed by atoms with Crippen molar-refractivity contribution in [3.8, 4) is 0 Å². The maximum Gasteiger partial charge on any atom is 0.339 e. The van der Waals surface area contributed by atoms with Gasteiger partial charge in [0, 0.05) is 11.5 Å². The van der Waals surface area contributed by atoms with Crippen LogP contribution in [0, 0.1) is 0 Å². The Kier molecular flexibility index (Phi) is 8.38. The van der Waals surface area contributed by atoms with Crippen molar-refractivity contribution >= 4 is 37.2 Å². The first-order valence-electron chi connectivity index (χ1n) is 5.28. The number of ether oxygens (including phenoxy) is 1. The van der Waals surface area contributed by atoms with E-state index in [9.17, 15) is 9.59 Å². The van der Waals surface area contributed by atoms with Crippen LogP contribution in [0.5, 0.6) is 0 Å². The van der Waals surface area contributed by atoms with E-state index in [4.69, 9.17) is 21.1 Å². The normalized spacial score (nSPS) is 17.3. The van der Waals surface area contributed by atoms with Crippen LogP contribution < -0.4 is 11.1 Å². The Labute approximate surface area is 121 Å². The molecule has 0 aromatic heterocycles. The van der Waals surface area contributed by atoms with Gasteiger partial charge in [-0.1, -0.05) is 0 Å². The van der Waals surface area contributed by atoms with Gasteiger partial charge in [-0.25, -0.2) is 4.79 Å². The van der Waals surface area contributed by atoms with Gasteiger partial charge >= 0.3 is 11.9 Å². The predicted molar refractivity (Wildman–Crippen MR) is 73.2 cm³/mol. The summed E-state index contributed by atoms with van der Waals surface area (Å²) in [6.45, 7) is -0.967. The maximum atomic E-state index is 11.6. The fourth-order valence-corrected chi connectivity index (χ4v) is 1.46. The van der Waals surface area contributed by atoms with E-state index >= 15 is 0 Å². The molecule has 0 aliphatic rings. The van der Waals surface area contributed by atoms with Gasteiger partial charge in [-0.3, -0.25) is 10.1 Å². The molecule has 6 N–H and O–H groups in total. The van der Waals surface area contributed by atoms with E-state index in [0.29, 0.717) is 0 Å². The molecule has 0 aromatic rings. The number of carbonyl (C=O) groups is 2. The van der Waals surface area contributed by atoms with Crippen LogP contribution in [0.15, 0.2) is 0 Å². The van der Waals surface area contributed by atoms with Crippen molar-refractivity contribution in [2.45, 2.75) is 17.8 Å². The first-order valence-corrected chi connectivity index (χ1v) is 6.54. The van der Waals surface area contributed by atoms with Crippen molar-refractivity contribution in [1.29, 1.82) is 0 Å². The second kappa shape index (κ2) is 8.61. The molecule has 112 valence electrons. The lowest BCUT2D eigenvalue weighted by molar-refractivity contribution is -0.151. The highest BCUT2D eigenvalue weighted by Gasteiger charge is 2.37. The quantitative estimate of drug-likeness (QED) is 0.140. The molecule has 0 aliphatic heterocycles. The van der Waals surface area contributed by atoms with E-state index in [1.165, 1.54) is 0 Å². The van der Waals surface area contributed by atoms with E-state index < -0.39 is 43.0 Å². The number of nitrogens with two attached hydrogens (primary N) is 1. The summed E-state index contributed by atoms with van der Waals surface area (Å²) in [6.07, 6.45) is -1.20. The molecule has 0 heterocycles. The fraction of sp³-hybridized carbons (Fsp3) is 0.778. The first-order chi connectivity index (χ1) is 8.80. The van der Waals surface area contributed by atoms with E-state index in [2.05, 4.69) is 35.3 Å². The van der Waals surface area contributed by atoms with E-state index in [0.717, 1.165) is 0 Å². The summed E-state index contributed by atoms with van der Waals surface area (Å²) >= 11 is 7.70. The number of esters is 1. The minimum Gasteiger partial charge on any atom is -0.479 e. The minimum absolute atomic E-state index is 0.0614. The SMILES string of the molecule is N[C@@](CS)(NC(CS)C(=O)OCC(O)CO)C(=O)O. The number of aliphatic hydroxyl groups is 2. The van der Waals surface area contributed by atoms with E-state index in [-0.39, 0.29) is 11.5 Å². The monoisotopic (exact) mass is 314 g/mol. The van der Waals surface area contributed by atoms with Crippen molar-refractivity contribution < 1.29 is 29.6 Å². The molecule has 0 spiro atoms. The lowest BCUT2D eigenvalue weighted by Crippen LogP contribution is -2.66. The van der Waals surface area contributed by atoms with Gasteiger partial charge in [-0.15, -0.1) is 0 Å². The maximum absolute atomic E-state index is 11.6. The second-order valence-corrected chi connectivity index (χ2v) is 4.46. The van der Waals surface area contributed by atoms with Crippen molar-refractivity contribution in [3.63, 3.8) is 0 Å². The second-order valence-electron chi connectivity index (χ2n) is 3.78. The Hall–Kier alpha value is -0.520. The summed E-state index contributed by atoms with van der Waals surface area (Å²) in [6, 6.07) is -1.08. The average Bonchev–Trinajstić information content (AvgIpc) is 2.40. The molecule has 0 saturated heterocycles. The van der Waals surface area contributed by atoms with Crippen molar-refractivity contribution in [2.24, 2.45) is 5.73 Å². The van der Waals surface area contributed by atoms with Gasteiger partial charge in [0.1, 0.15) is 18.8 Å². The number of thiol groups is 2. The van der Waals surface area contributed by atoms with Gasteiger partial charge in [0.25, 0.3) is 0 Å². The van der Waals surface area contributed by atoms with Gasteiger partial charge < -0.3 is 25.8 Å². The molecular formula is C9H18N2O6S2. The lowest BCUT2D eigenvalue weighted by Gasteiger charge is -2.28. The number of carboxylic acid groups (broad SMARTS) is 1. The van der Waals surface area contributed by atoms with Gasteiger partial charge in [-0.05, 0) is 0 Å². The number of hydrogen-bond acceptors (Lipinski definition) is 9. The van der Waals surface area contributed by atoms with Gasteiger partial charge in [0.15, 0.2) is 5.66 Å². The van der Waals surface area contributed by atoms with Crippen molar-refractivity contribution in [1.82, 2.24) is 5.32 Å². The zero-order valence-corrected chi connectivity index (χ0v) is 11.8. The van der Waals surface area contributed by atoms with Crippen LogP contribution in [0.25, 0.3) is 0 Å². The Morgan fingerprint density at radius 2 is 2.00 bits per heavy atom. The molecule has 2 unspecified atom stereocenters.